The Balaban J connectivity index is 0.812. The number of aliphatic imine (C=N–C) groups is 2. The van der Waals surface area contributed by atoms with Gasteiger partial charge in [0, 0.05) is 76.0 Å². The first-order chi connectivity index (χ1) is 27.9. The minimum Gasteiger partial charge on any atom is -0.493 e. The molecule has 3 aliphatic rings. The monoisotopic (exact) mass is 777 g/mol. The summed E-state index contributed by atoms with van der Waals surface area (Å²) in [5, 5.41) is 5.71. The topological polar surface area (TPSA) is 178 Å². The van der Waals surface area contributed by atoms with E-state index in [0.29, 0.717) is 65.4 Å². The van der Waals surface area contributed by atoms with E-state index >= 15 is 0 Å². The van der Waals surface area contributed by atoms with E-state index in [1.807, 2.05) is 49.4 Å². The Bertz CT molecular complexity index is 2580. The molecule has 0 saturated carbocycles. The summed E-state index contributed by atoms with van der Waals surface area (Å²) in [6.45, 7) is 6.71. The maximum Gasteiger partial charge on any atom is 0.272 e. The molecule has 3 aliphatic heterocycles. The van der Waals surface area contributed by atoms with Crippen LogP contribution in [0.5, 0.6) is 5.75 Å². The van der Waals surface area contributed by atoms with Gasteiger partial charge in [-0.1, -0.05) is 30.4 Å². The number of nitrogens with zero attached hydrogens (tertiary/aromatic N) is 6. The summed E-state index contributed by atoms with van der Waals surface area (Å²) >= 11 is 0. The van der Waals surface area contributed by atoms with Crippen molar-refractivity contribution < 1.29 is 23.9 Å². The fraction of sp³-hybridized carbons (Fsp3) is 0.250. The van der Waals surface area contributed by atoms with Gasteiger partial charge in [-0.05, 0) is 78.4 Å². The van der Waals surface area contributed by atoms with Gasteiger partial charge in [0.1, 0.15) is 11.4 Å². The maximum atomic E-state index is 13.3. The molecule has 5 aromatic rings. The molecule has 4 N–H and O–H groups in total. The predicted octanol–water partition coefficient (Wildman–Crippen LogP) is 6.29. The van der Waals surface area contributed by atoms with Crippen molar-refractivity contribution in [2.24, 2.45) is 24.1 Å². The minimum atomic E-state index is -0.311. The van der Waals surface area contributed by atoms with E-state index in [1.165, 1.54) is 0 Å². The van der Waals surface area contributed by atoms with E-state index in [1.54, 1.807) is 64.9 Å². The molecular weight excluding hydrogens is 735 g/mol. The van der Waals surface area contributed by atoms with E-state index < -0.39 is 0 Å². The molecule has 58 heavy (non-hydrogen) atoms. The van der Waals surface area contributed by atoms with Crippen LogP contribution in [0.25, 0.3) is 0 Å². The smallest absolute Gasteiger partial charge is 0.272 e. The first-order valence-corrected chi connectivity index (χ1v) is 19.1. The van der Waals surface area contributed by atoms with Crippen LogP contribution in [0.2, 0.25) is 0 Å². The van der Waals surface area contributed by atoms with E-state index in [4.69, 9.17) is 15.5 Å². The van der Waals surface area contributed by atoms with Gasteiger partial charge in [-0.25, -0.2) is 4.98 Å². The van der Waals surface area contributed by atoms with Crippen LogP contribution in [-0.4, -0.2) is 73.6 Å². The van der Waals surface area contributed by atoms with Gasteiger partial charge in [-0.15, -0.1) is 0 Å². The fourth-order valence-corrected chi connectivity index (χ4v) is 7.55. The SMILES string of the molecule is C=C1C[C@H]2C=Nc3cc(OCCCC(=O)Nc4cn(C)c(C(=O)Cc5cc(C(=O)Nc6ccc(C7=Nc8cc(N)ccc8C7)cc6)n(C)c5)n4)c(C)cc3C(=O)N2C1. The number of nitrogen functional groups attached to an aromatic ring is 1. The summed E-state index contributed by atoms with van der Waals surface area (Å²) < 4.78 is 9.25. The lowest BCUT2D eigenvalue weighted by Gasteiger charge is -2.20. The summed E-state index contributed by atoms with van der Waals surface area (Å²) in [6.07, 6.45) is 7.17. The molecule has 14 heteroatoms. The Morgan fingerprint density at radius 2 is 1.79 bits per heavy atom. The second-order valence-corrected chi connectivity index (χ2v) is 15.0. The lowest BCUT2D eigenvalue weighted by Crippen LogP contribution is -2.35. The van der Waals surface area contributed by atoms with Crippen LogP contribution in [0, 0.1) is 6.92 Å². The molecule has 3 amide bonds. The highest BCUT2D eigenvalue weighted by Crippen LogP contribution is 2.35. The van der Waals surface area contributed by atoms with Crippen LogP contribution in [0.1, 0.15) is 73.0 Å². The van der Waals surface area contributed by atoms with E-state index in [-0.39, 0.29) is 60.6 Å². The van der Waals surface area contributed by atoms with Crippen LogP contribution in [0.15, 0.2) is 95.2 Å². The molecule has 0 bridgehead atoms. The van der Waals surface area contributed by atoms with Gasteiger partial charge in [0.25, 0.3) is 11.8 Å². The summed E-state index contributed by atoms with van der Waals surface area (Å²) in [4.78, 5) is 68.0. The number of rotatable bonds is 12. The summed E-state index contributed by atoms with van der Waals surface area (Å²) in [7, 11) is 3.44. The van der Waals surface area contributed by atoms with Gasteiger partial charge in [-0.3, -0.25) is 29.2 Å². The zero-order valence-corrected chi connectivity index (χ0v) is 32.5. The second-order valence-electron chi connectivity index (χ2n) is 15.0. The fourth-order valence-electron chi connectivity index (χ4n) is 7.55. The van der Waals surface area contributed by atoms with Crippen molar-refractivity contribution in [3.8, 4) is 5.75 Å². The molecule has 8 rings (SSSR count). The maximum absolute atomic E-state index is 13.3. The molecule has 14 nitrogen and oxygen atoms in total. The quantitative estimate of drug-likeness (QED) is 0.0577. The Kier molecular flexibility index (Phi) is 10.1. The first kappa shape index (κ1) is 37.8. The number of imidazole rings is 1. The lowest BCUT2D eigenvalue weighted by molar-refractivity contribution is -0.116. The van der Waals surface area contributed by atoms with Gasteiger partial charge in [-0.2, -0.15) is 0 Å². The Labute approximate surface area is 335 Å². The van der Waals surface area contributed by atoms with Gasteiger partial charge in [0.2, 0.25) is 11.7 Å². The lowest BCUT2D eigenvalue weighted by atomic mass is 10.0. The number of aromatic nitrogens is 3. The molecule has 0 unspecified atom stereocenters. The number of fused-ring (bicyclic) bond motifs is 3. The molecule has 2 aromatic heterocycles. The molecule has 0 radical (unpaired) electrons. The van der Waals surface area contributed by atoms with Crippen molar-refractivity contribution in [1.29, 1.82) is 0 Å². The number of carbonyl (C=O) groups excluding carboxylic acids is 4. The number of ketones is 1. The van der Waals surface area contributed by atoms with Crippen molar-refractivity contribution in [2.75, 3.05) is 29.5 Å². The average molecular weight is 778 g/mol. The Morgan fingerprint density at radius 3 is 2.60 bits per heavy atom. The van der Waals surface area contributed by atoms with Gasteiger partial charge in [0.05, 0.1) is 35.3 Å². The number of ether oxygens (including phenoxy) is 1. The summed E-state index contributed by atoms with van der Waals surface area (Å²) in [5.41, 5.74) is 15.1. The third kappa shape index (κ3) is 7.81. The Morgan fingerprint density at radius 1 is 0.983 bits per heavy atom. The molecule has 1 fully saturated rings. The van der Waals surface area contributed by atoms with Crippen molar-refractivity contribution in [2.45, 2.75) is 45.1 Å². The van der Waals surface area contributed by atoms with Crippen molar-refractivity contribution in [3.63, 3.8) is 0 Å². The number of nitrogens with one attached hydrogen (secondary N) is 2. The number of Topliss-reactive ketones (excluding diaryl/α,β-unsaturated/α-hetero) is 1. The molecule has 5 heterocycles. The highest BCUT2D eigenvalue weighted by molar-refractivity contribution is 6.08. The average Bonchev–Trinajstić information content (AvgIpc) is 3.96. The van der Waals surface area contributed by atoms with E-state index in [9.17, 15) is 19.2 Å². The molecule has 1 atom stereocenters. The molecule has 1 saturated heterocycles. The molecule has 0 spiro atoms. The highest BCUT2D eigenvalue weighted by Gasteiger charge is 2.34. The van der Waals surface area contributed by atoms with E-state index in [2.05, 4.69) is 27.2 Å². The van der Waals surface area contributed by atoms with Gasteiger partial charge in [0.15, 0.2) is 11.6 Å². The minimum absolute atomic E-state index is 0.0116. The number of hydrogen-bond donors (Lipinski definition) is 3. The van der Waals surface area contributed by atoms with E-state index in [0.717, 1.165) is 33.7 Å². The molecule has 0 aliphatic carbocycles. The number of anilines is 3. The molecular formula is C44H43N9O5. The summed E-state index contributed by atoms with van der Waals surface area (Å²) in [6, 6.07) is 18.5. The zero-order chi connectivity index (χ0) is 40.7. The largest absolute Gasteiger partial charge is 0.493 e. The number of benzene rings is 3. The van der Waals surface area contributed by atoms with Crippen LogP contribution < -0.4 is 21.1 Å². The van der Waals surface area contributed by atoms with Crippen molar-refractivity contribution >= 4 is 64.0 Å². The number of carbonyl (C=O) groups is 4. The second kappa shape index (κ2) is 15.4. The van der Waals surface area contributed by atoms with Gasteiger partial charge >= 0.3 is 0 Å². The predicted molar refractivity (Wildman–Crippen MR) is 223 cm³/mol. The third-order valence-electron chi connectivity index (χ3n) is 10.5. The third-order valence-corrected chi connectivity index (χ3v) is 10.5. The van der Waals surface area contributed by atoms with Crippen LogP contribution in [0.4, 0.5) is 28.6 Å². The normalized spacial score (nSPS) is 15.4. The first-order valence-electron chi connectivity index (χ1n) is 19.1. The number of amides is 3. The number of hydrogen-bond acceptors (Lipinski definition) is 9. The standard InChI is InChI=1S/C44H43N9O5/c1-25-14-32-21-46-36-20-39(26(2)15-33(36)44(57)53(32)22-25)58-13-5-6-41(55)49-40-24-52(4)42(50-40)38(54)17-27-16-37(51(3)23-27)43(56)47-31-11-8-28(9-12-31)34-18-29-7-10-30(45)19-35(29)48-34/h7-12,15-16,19-21,23-24,32H,1,5-6,13-14,17-18,22,45H2,2-4H3,(H,47,56)(H,49,55)/t32-/m0/s1. The Hall–Kier alpha value is -7.09. The number of aryl methyl sites for hydroxylation is 3. The van der Waals surface area contributed by atoms with Crippen LogP contribution in [-0.2, 0) is 31.7 Å². The zero-order valence-electron chi connectivity index (χ0n) is 32.5. The molecule has 3 aromatic carbocycles. The summed E-state index contributed by atoms with van der Waals surface area (Å²) in [5.74, 6) is 0.133. The molecule has 294 valence electrons. The van der Waals surface area contributed by atoms with Crippen molar-refractivity contribution in [3.05, 3.63) is 125 Å². The number of nitrogens with two attached hydrogens (primary N) is 1. The van der Waals surface area contributed by atoms with Crippen molar-refractivity contribution in [1.82, 2.24) is 19.0 Å². The van der Waals surface area contributed by atoms with Crippen LogP contribution >= 0.6 is 0 Å². The highest BCUT2D eigenvalue weighted by atomic mass is 16.5. The van der Waals surface area contributed by atoms with Gasteiger partial charge < -0.3 is 35.1 Å². The van der Waals surface area contributed by atoms with Crippen LogP contribution in [0.3, 0.4) is 0 Å².